The second-order valence-electron chi connectivity index (χ2n) is 8.69. The summed E-state index contributed by atoms with van der Waals surface area (Å²) in [6.07, 6.45) is 2.16. The third-order valence-electron chi connectivity index (χ3n) is 6.04. The van der Waals surface area contributed by atoms with Crippen molar-refractivity contribution in [3.63, 3.8) is 0 Å². The first kappa shape index (κ1) is 19.0. The van der Waals surface area contributed by atoms with Gasteiger partial charge in [0, 0.05) is 25.2 Å². The number of hydrogen-bond acceptors (Lipinski definition) is 3. The molecule has 2 heterocycles. The first-order valence-corrected chi connectivity index (χ1v) is 10.1. The predicted molar refractivity (Wildman–Crippen MR) is 110 cm³/mol. The van der Waals surface area contributed by atoms with E-state index in [9.17, 15) is 4.79 Å². The Kier molecular flexibility index (Phi) is 4.92. The van der Waals surface area contributed by atoms with Crippen molar-refractivity contribution in [3.05, 3.63) is 65.2 Å². The molecule has 0 aromatic heterocycles. The standard InChI is InChI=1S/C24H29NO3/c1-17-9-10-21-19(15-17)20(16-23(2,3)28-21)25-22(26)24(11-13-27-14-12-24)18-7-5-4-6-8-18/h4-10,15,20H,11-14,16H2,1-3H3,(H,25,26). The number of benzene rings is 2. The van der Waals surface area contributed by atoms with Crippen LogP contribution in [0.5, 0.6) is 5.75 Å². The van der Waals surface area contributed by atoms with E-state index in [0.717, 1.165) is 23.3 Å². The zero-order valence-electron chi connectivity index (χ0n) is 17.0. The van der Waals surface area contributed by atoms with Crippen molar-refractivity contribution in [1.82, 2.24) is 5.32 Å². The summed E-state index contributed by atoms with van der Waals surface area (Å²) in [6, 6.07) is 16.3. The summed E-state index contributed by atoms with van der Waals surface area (Å²) in [6.45, 7) is 7.45. The molecule has 4 heteroatoms. The highest BCUT2D eigenvalue weighted by molar-refractivity contribution is 5.89. The van der Waals surface area contributed by atoms with E-state index < -0.39 is 5.41 Å². The van der Waals surface area contributed by atoms with Gasteiger partial charge in [0.05, 0.1) is 11.5 Å². The molecule has 0 aliphatic carbocycles. The molecule has 2 aromatic rings. The molecule has 1 fully saturated rings. The van der Waals surface area contributed by atoms with Gasteiger partial charge >= 0.3 is 0 Å². The quantitative estimate of drug-likeness (QED) is 0.856. The summed E-state index contributed by atoms with van der Waals surface area (Å²) in [5, 5.41) is 3.39. The second-order valence-corrected chi connectivity index (χ2v) is 8.69. The van der Waals surface area contributed by atoms with Gasteiger partial charge in [0.25, 0.3) is 0 Å². The maximum absolute atomic E-state index is 13.7. The van der Waals surface area contributed by atoms with Gasteiger partial charge in [-0.2, -0.15) is 0 Å². The lowest BCUT2D eigenvalue weighted by Gasteiger charge is -2.41. The van der Waals surface area contributed by atoms with Crippen LogP contribution in [0.15, 0.2) is 48.5 Å². The molecular formula is C24H29NO3. The normalized spacial score (nSPS) is 22.6. The Balaban J connectivity index is 1.67. The number of fused-ring (bicyclic) bond motifs is 1. The van der Waals surface area contributed by atoms with E-state index in [1.165, 1.54) is 5.56 Å². The minimum absolute atomic E-state index is 0.0606. The lowest BCUT2D eigenvalue weighted by atomic mass is 9.73. The van der Waals surface area contributed by atoms with Crippen LogP contribution in [0.25, 0.3) is 0 Å². The molecule has 1 amide bonds. The predicted octanol–water partition coefficient (Wildman–Crippen LogP) is 4.46. The molecule has 28 heavy (non-hydrogen) atoms. The van der Waals surface area contributed by atoms with E-state index in [4.69, 9.17) is 9.47 Å². The van der Waals surface area contributed by atoms with Gasteiger partial charge in [0.15, 0.2) is 0 Å². The zero-order valence-corrected chi connectivity index (χ0v) is 17.0. The van der Waals surface area contributed by atoms with Crippen LogP contribution in [0, 0.1) is 6.92 Å². The number of aryl methyl sites for hydroxylation is 1. The highest BCUT2D eigenvalue weighted by Gasteiger charge is 2.44. The Morgan fingerprint density at radius 3 is 2.50 bits per heavy atom. The Morgan fingerprint density at radius 2 is 1.79 bits per heavy atom. The van der Waals surface area contributed by atoms with Gasteiger partial charge in [-0.3, -0.25) is 4.79 Å². The van der Waals surface area contributed by atoms with E-state index in [-0.39, 0.29) is 17.6 Å². The smallest absolute Gasteiger partial charge is 0.231 e. The molecule has 1 atom stereocenters. The highest BCUT2D eigenvalue weighted by atomic mass is 16.5. The van der Waals surface area contributed by atoms with Crippen molar-refractivity contribution < 1.29 is 14.3 Å². The molecule has 0 saturated carbocycles. The molecule has 0 bridgehead atoms. The Hall–Kier alpha value is -2.33. The molecule has 1 saturated heterocycles. The zero-order chi connectivity index (χ0) is 19.8. The van der Waals surface area contributed by atoms with Crippen LogP contribution in [0.2, 0.25) is 0 Å². The van der Waals surface area contributed by atoms with Crippen molar-refractivity contribution in [2.24, 2.45) is 0 Å². The van der Waals surface area contributed by atoms with Crippen molar-refractivity contribution in [1.29, 1.82) is 0 Å². The third-order valence-corrected chi connectivity index (χ3v) is 6.04. The highest BCUT2D eigenvalue weighted by Crippen LogP contribution is 2.42. The van der Waals surface area contributed by atoms with Gasteiger partial charge in [0.1, 0.15) is 11.4 Å². The number of nitrogens with one attached hydrogen (secondary N) is 1. The van der Waals surface area contributed by atoms with E-state index >= 15 is 0 Å². The SMILES string of the molecule is Cc1ccc2c(c1)C(NC(=O)C1(c3ccccc3)CCOCC1)CC(C)(C)O2. The van der Waals surface area contributed by atoms with Gasteiger partial charge in [-0.1, -0.05) is 48.0 Å². The van der Waals surface area contributed by atoms with E-state index in [0.29, 0.717) is 26.1 Å². The van der Waals surface area contributed by atoms with Gasteiger partial charge in [0.2, 0.25) is 5.91 Å². The molecule has 148 valence electrons. The summed E-state index contributed by atoms with van der Waals surface area (Å²) in [4.78, 5) is 13.7. The minimum Gasteiger partial charge on any atom is -0.487 e. The van der Waals surface area contributed by atoms with Gasteiger partial charge < -0.3 is 14.8 Å². The number of carbonyl (C=O) groups is 1. The van der Waals surface area contributed by atoms with E-state index in [1.807, 2.05) is 24.3 Å². The largest absolute Gasteiger partial charge is 0.487 e. The first-order chi connectivity index (χ1) is 13.4. The monoisotopic (exact) mass is 379 g/mol. The molecule has 0 radical (unpaired) electrons. The van der Waals surface area contributed by atoms with Crippen molar-refractivity contribution >= 4 is 5.91 Å². The molecule has 4 nitrogen and oxygen atoms in total. The fraction of sp³-hybridized carbons (Fsp3) is 0.458. The number of hydrogen-bond donors (Lipinski definition) is 1. The minimum atomic E-state index is -0.536. The number of carbonyl (C=O) groups excluding carboxylic acids is 1. The van der Waals surface area contributed by atoms with Crippen LogP contribution in [-0.2, 0) is 14.9 Å². The van der Waals surface area contributed by atoms with Crippen LogP contribution < -0.4 is 10.1 Å². The molecule has 2 aromatic carbocycles. The summed E-state index contributed by atoms with van der Waals surface area (Å²) in [5.41, 5.74) is 2.46. The summed E-state index contributed by atoms with van der Waals surface area (Å²) < 4.78 is 11.8. The topological polar surface area (TPSA) is 47.6 Å². The second kappa shape index (κ2) is 7.25. The fourth-order valence-electron chi connectivity index (χ4n) is 4.52. The number of rotatable bonds is 3. The summed E-state index contributed by atoms with van der Waals surface area (Å²) in [5.74, 6) is 0.963. The lowest BCUT2D eigenvalue weighted by molar-refractivity contribution is -0.131. The Morgan fingerprint density at radius 1 is 1.07 bits per heavy atom. The van der Waals surface area contributed by atoms with Crippen LogP contribution >= 0.6 is 0 Å². The maximum Gasteiger partial charge on any atom is 0.231 e. The average Bonchev–Trinajstić information content (AvgIpc) is 2.69. The van der Waals surface area contributed by atoms with Crippen molar-refractivity contribution in [2.45, 2.75) is 57.1 Å². The molecule has 1 N–H and O–H groups in total. The van der Waals surface area contributed by atoms with Crippen LogP contribution in [-0.4, -0.2) is 24.7 Å². The Bertz CT molecular complexity index is 853. The van der Waals surface area contributed by atoms with Gasteiger partial charge in [-0.25, -0.2) is 0 Å². The van der Waals surface area contributed by atoms with Gasteiger partial charge in [-0.05, 0) is 45.2 Å². The molecule has 0 spiro atoms. The van der Waals surface area contributed by atoms with Crippen LogP contribution in [0.1, 0.15) is 55.8 Å². The van der Waals surface area contributed by atoms with E-state index in [2.05, 4.69) is 50.4 Å². The average molecular weight is 380 g/mol. The molecule has 1 unspecified atom stereocenters. The third kappa shape index (κ3) is 3.53. The molecule has 2 aliphatic rings. The molecule has 4 rings (SSSR count). The fourth-order valence-corrected chi connectivity index (χ4v) is 4.52. The Labute approximate surface area is 167 Å². The van der Waals surface area contributed by atoms with Gasteiger partial charge in [-0.15, -0.1) is 0 Å². The maximum atomic E-state index is 13.7. The van der Waals surface area contributed by atoms with E-state index in [1.54, 1.807) is 0 Å². The van der Waals surface area contributed by atoms with Crippen LogP contribution in [0.3, 0.4) is 0 Å². The number of ether oxygens (including phenoxy) is 2. The number of amides is 1. The van der Waals surface area contributed by atoms with Crippen molar-refractivity contribution in [2.75, 3.05) is 13.2 Å². The molecular weight excluding hydrogens is 350 g/mol. The summed E-state index contributed by atoms with van der Waals surface area (Å²) in [7, 11) is 0. The van der Waals surface area contributed by atoms with Crippen LogP contribution in [0.4, 0.5) is 0 Å². The first-order valence-electron chi connectivity index (χ1n) is 10.1. The van der Waals surface area contributed by atoms with Crippen molar-refractivity contribution in [3.8, 4) is 5.75 Å². The molecule has 2 aliphatic heterocycles. The lowest BCUT2D eigenvalue weighted by Crippen LogP contribution is -2.51. The summed E-state index contributed by atoms with van der Waals surface area (Å²) >= 11 is 0.